The number of benzene rings is 2. The molecular formula is C26H23F3N4O5. The van der Waals surface area contributed by atoms with Crippen LogP contribution in [0.5, 0.6) is 5.75 Å². The minimum Gasteiger partial charge on any atom is -0.506 e. The number of nitrogens with zero attached hydrogens (tertiary/aromatic N) is 2. The number of carbonyl (C=O) groups is 2. The monoisotopic (exact) mass is 528 g/mol. The molecule has 1 unspecified atom stereocenters. The Labute approximate surface area is 214 Å². The molecule has 0 saturated heterocycles. The third kappa shape index (κ3) is 5.13. The van der Waals surface area contributed by atoms with Crippen molar-refractivity contribution in [1.29, 1.82) is 5.26 Å². The van der Waals surface area contributed by atoms with E-state index in [-0.39, 0.29) is 28.7 Å². The fourth-order valence-electron chi connectivity index (χ4n) is 4.26. The normalized spacial score (nSPS) is 14.9. The van der Waals surface area contributed by atoms with Crippen molar-refractivity contribution in [3.05, 3.63) is 69.0 Å². The van der Waals surface area contributed by atoms with Gasteiger partial charge in [0.1, 0.15) is 23.5 Å². The second kappa shape index (κ2) is 9.41. The van der Waals surface area contributed by atoms with Crippen LogP contribution in [0.4, 0.5) is 18.9 Å². The van der Waals surface area contributed by atoms with Crippen LogP contribution in [0.25, 0.3) is 10.9 Å². The summed E-state index contributed by atoms with van der Waals surface area (Å²) in [6.07, 6.45) is -4.52. The maximum Gasteiger partial charge on any atom is 0.416 e. The van der Waals surface area contributed by atoms with Gasteiger partial charge in [-0.15, -0.1) is 0 Å². The number of pyridine rings is 1. The van der Waals surface area contributed by atoms with E-state index in [1.807, 2.05) is 6.07 Å². The largest absolute Gasteiger partial charge is 0.506 e. The van der Waals surface area contributed by atoms with Crippen molar-refractivity contribution in [3.8, 4) is 11.8 Å². The van der Waals surface area contributed by atoms with E-state index >= 15 is 0 Å². The number of rotatable bonds is 4. The van der Waals surface area contributed by atoms with Gasteiger partial charge in [-0.05, 0) is 50.6 Å². The van der Waals surface area contributed by atoms with Gasteiger partial charge < -0.3 is 25.0 Å². The second-order valence-corrected chi connectivity index (χ2v) is 9.76. The van der Waals surface area contributed by atoms with Crippen molar-refractivity contribution in [2.45, 2.75) is 45.1 Å². The Morgan fingerprint density at radius 1 is 1.21 bits per heavy atom. The molecule has 2 heterocycles. The van der Waals surface area contributed by atoms with Crippen LogP contribution in [0.2, 0.25) is 0 Å². The predicted molar refractivity (Wildman–Crippen MR) is 131 cm³/mol. The highest BCUT2D eigenvalue weighted by molar-refractivity contribution is 6.06. The molecule has 9 nitrogen and oxygen atoms in total. The zero-order valence-corrected chi connectivity index (χ0v) is 20.6. The maximum atomic E-state index is 13.4. The highest BCUT2D eigenvalue weighted by Gasteiger charge is 2.32. The zero-order chi connectivity index (χ0) is 28.0. The quantitative estimate of drug-likeness (QED) is 0.438. The van der Waals surface area contributed by atoms with E-state index in [2.05, 4.69) is 10.6 Å². The van der Waals surface area contributed by atoms with E-state index in [0.717, 1.165) is 12.1 Å². The second-order valence-electron chi connectivity index (χ2n) is 9.76. The standard InChI is InChI=1S/C26H23F3N4O5/c1-25(2,3)38-19(34)11-31-23(36)20-22(35)16-8-13(10-30)9-17-21(16)33(24(20)37)12-18(32-17)14-4-6-15(7-5-14)26(27,28)29/h4-9,18,32,35H,11-12H2,1-3H3,(H,31,36). The first-order valence-corrected chi connectivity index (χ1v) is 11.5. The smallest absolute Gasteiger partial charge is 0.416 e. The summed E-state index contributed by atoms with van der Waals surface area (Å²) in [6, 6.07) is 8.39. The molecule has 0 saturated carbocycles. The lowest BCUT2D eigenvalue weighted by atomic mass is 9.98. The van der Waals surface area contributed by atoms with Crippen LogP contribution in [0, 0.1) is 11.3 Å². The van der Waals surface area contributed by atoms with E-state index in [4.69, 9.17) is 4.74 Å². The number of nitriles is 1. The van der Waals surface area contributed by atoms with Crippen molar-refractivity contribution in [2.24, 2.45) is 0 Å². The summed E-state index contributed by atoms with van der Waals surface area (Å²) in [5.41, 5.74) is -2.12. The molecular weight excluding hydrogens is 505 g/mol. The fraction of sp³-hybridized carbons (Fsp3) is 0.308. The first kappa shape index (κ1) is 26.5. The third-order valence-electron chi connectivity index (χ3n) is 5.84. The number of anilines is 1. The molecule has 1 aliphatic rings. The lowest BCUT2D eigenvalue weighted by Gasteiger charge is -2.30. The van der Waals surface area contributed by atoms with E-state index in [0.29, 0.717) is 5.56 Å². The predicted octanol–water partition coefficient (Wildman–Crippen LogP) is 3.84. The average Bonchev–Trinajstić information content (AvgIpc) is 2.83. The first-order valence-electron chi connectivity index (χ1n) is 11.5. The summed E-state index contributed by atoms with van der Waals surface area (Å²) in [5, 5.41) is 25.8. The molecule has 1 aliphatic heterocycles. The van der Waals surface area contributed by atoms with Crippen molar-refractivity contribution in [3.63, 3.8) is 0 Å². The summed E-state index contributed by atoms with van der Waals surface area (Å²) >= 11 is 0. The molecule has 0 radical (unpaired) electrons. The van der Waals surface area contributed by atoms with Gasteiger partial charge in [0, 0.05) is 5.39 Å². The lowest BCUT2D eigenvalue weighted by molar-refractivity contribution is -0.153. The van der Waals surface area contributed by atoms with Gasteiger partial charge in [-0.2, -0.15) is 18.4 Å². The number of aromatic hydroxyl groups is 1. The molecule has 3 N–H and O–H groups in total. The van der Waals surface area contributed by atoms with E-state index in [1.165, 1.54) is 28.8 Å². The van der Waals surface area contributed by atoms with Crippen molar-refractivity contribution in [1.82, 2.24) is 9.88 Å². The lowest BCUT2D eigenvalue weighted by Crippen LogP contribution is -2.39. The molecule has 0 spiro atoms. The van der Waals surface area contributed by atoms with Gasteiger partial charge in [0.25, 0.3) is 11.5 Å². The Morgan fingerprint density at radius 3 is 2.45 bits per heavy atom. The third-order valence-corrected chi connectivity index (χ3v) is 5.84. The van der Waals surface area contributed by atoms with Crippen molar-refractivity contribution >= 4 is 28.5 Å². The summed E-state index contributed by atoms with van der Waals surface area (Å²) in [5.74, 6) is -2.46. The van der Waals surface area contributed by atoms with Gasteiger partial charge in [0.2, 0.25) is 0 Å². The summed E-state index contributed by atoms with van der Waals surface area (Å²) in [6.45, 7) is 4.28. The minimum absolute atomic E-state index is 0.0411. The fourth-order valence-corrected chi connectivity index (χ4v) is 4.26. The van der Waals surface area contributed by atoms with Gasteiger partial charge in [-0.3, -0.25) is 14.4 Å². The molecule has 0 bridgehead atoms. The first-order chi connectivity index (χ1) is 17.7. The topological polar surface area (TPSA) is 133 Å². The van der Waals surface area contributed by atoms with E-state index < -0.39 is 58.7 Å². The Kier molecular flexibility index (Phi) is 6.57. The summed E-state index contributed by atoms with van der Waals surface area (Å²) in [4.78, 5) is 38.4. The van der Waals surface area contributed by atoms with Gasteiger partial charge in [-0.25, -0.2) is 0 Å². The molecule has 0 fully saturated rings. The van der Waals surface area contributed by atoms with Gasteiger partial charge >= 0.3 is 12.1 Å². The molecule has 198 valence electrons. The number of carbonyl (C=O) groups excluding carboxylic acids is 2. The van der Waals surface area contributed by atoms with Crippen LogP contribution in [0.3, 0.4) is 0 Å². The molecule has 2 aromatic carbocycles. The molecule has 38 heavy (non-hydrogen) atoms. The van der Waals surface area contributed by atoms with Crippen LogP contribution in [0.15, 0.2) is 41.2 Å². The SMILES string of the molecule is CC(C)(C)OC(=O)CNC(=O)c1c(O)c2cc(C#N)cc3c2n(c1=O)CC(c1ccc(C(F)(F)F)cc1)N3. The van der Waals surface area contributed by atoms with Crippen LogP contribution >= 0.6 is 0 Å². The van der Waals surface area contributed by atoms with Gasteiger partial charge in [-0.1, -0.05) is 12.1 Å². The number of amides is 1. The van der Waals surface area contributed by atoms with Crippen LogP contribution in [-0.4, -0.2) is 33.7 Å². The number of hydrogen-bond acceptors (Lipinski definition) is 7. The number of halogens is 3. The Morgan fingerprint density at radius 2 is 1.87 bits per heavy atom. The minimum atomic E-state index is -4.52. The zero-order valence-electron chi connectivity index (χ0n) is 20.6. The molecule has 4 rings (SSSR count). The Bertz CT molecular complexity index is 1550. The average molecular weight is 528 g/mol. The van der Waals surface area contributed by atoms with E-state index in [1.54, 1.807) is 20.8 Å². The highest BCUT2D eigenvalue weighted by atomic mass is 19.4. The summed E-state index contributed by atoms with van der Waals surface area (Å²) < 4.78 is 45.4. The highest BCUT2D eigenvalue weighted by Crippen LogP contribution is 2.38. The number of esters is 1. The van der Waals surface area contributed by atoms with E-state index in [9.17, 15) is 37.9 Å². The molecule has 0 aliphatic carbocycles. The molecule has 3 aromatic rings. The molecule has 12 heteroatoms. The van der Waals surface area contributed by atoms with Crippen LogP contribution < -0.4 is 16.2 Å². The van der Waals surface area contributed by atoms with Crippen molar-refractivity contribution in [2.75, 3.05) is 11.9 Å². The Balaban J connectivity index is 1.76. The van der Waals surface area contributed by atoms with Crippen molar-refractivity contribution < 1.29 is 32.6 Å². The molecule has 1 atom stereocenters. The van der Waals surface area contributed by atoms with Gasteiger partial charge in [0.05, 0.1) is 41.0 Å². The number of aromatic nitrogens is 1. The van der Waals surface area contributed by atoms with Crippen LogP contribution in [0.1, 0.15) is 53.9 Å². The maximum absolute atomic E-state index is 13.4. The number of nitrogens with one attached hydrogen (secondary N) is 2. The van der Waals surface area contributed by atoms with Gasteiger partial charge in [0.15, 0.2) is 0 Å². The number of hydrogen-bond donors (Lipinski definition) is 3. The Hall–Kier alpha value is -4.53. The summed E-state index contributed by atoms with van der Waals surface area (Å²) in [7, 11) is 0. The molecule has 1 aromatic heterocycles. The number of alkyl halides is 3. The number of ether oxygens (including phenoxy) is 1. The van der Waals surface area contributed by atoms with Crippen LogP contribution in [-0.2, 0) is 22.3 Å². The molecule has 1 amide bonds.